The quantitative estimate of drug-likeness (QED) is 0.758. The molecule has 1 heterocycles. The monoisotopic (exact) mass is 306 g/mol. The van der Waals surface area contributed by atoms with Gasteiger partial charge in [-0.25, -0.2) is 4.68 Å². The molecule has 0 spiro atoms. The first-order valence-corrected chi connectivity index (χ1v) is 8.07. The Labute approximate surface area is 137 Å². The molecule has 0 radical (unpaired) electrons. The first-order chi connectivity index (χ1) is 11.3. The molecule has 23 heavy (non-hydrogen) atoms. The van der Waals surface area contributed by atoms with E-state index in [-0.39, 0.29) is 6.04 Å². The predicted octanol–water partition coefficient (Wildman–Crippen LogP) is 3.46. The molecule has 2 aromatic carbocycles. The minimum Gasteiger partial charge on any atom is -0.324 e. The van der Waals surface area contributed by atoms with Crippen LogP contribution in [0.2, 0.25) is 0 Å². The van der Waals surface area contributed by atoms with Crippen molar-refractivity contribution in [3.63, 3.8) is 0 Å². The van der Waals surface area contributed by atoms with Crippen molar-refractivity contribution in [2.45, 2.75) is 32.2 Å². The number of hydrogen-bond acceptors (Lipinski definition) is 3. The Hall–Kier alpha value is -2.46. The van der Waals surface area contributed by atoms with Gasteiger partial charge in [0.05, 0.1) is 17.6 Å². The maximum Gasteiger partial charge on any atom is 0.0835 e. The Morgan fingerprint density at radius 2 is 1.74 bits per heavy atom. The Morgan fingerprint density at radius 1 is 1.00 bits per heavy atom. The second-order valence-corrected chi connectivity index (χ2v) is 5.75. The van der Waals surface area contributed by atoms with Gasteiger partial charge in [-0.1, -0.05) is 54.6 Å². The molecule has 0 aliphatic carbocycles. The highest BCUT2D eigenvalue weighted by molar-refractivity contribution is 5.35. The summed E-state index contributed by atoms with van der Waals surface area (Å²) in [6.45, 7) is 2.09. The van der Waals surface area contributed by atoms with Crippen LogP contribution >= 0.6 is 0 Å². The molecule has 0 bridgehead atoms. The number of rotatable bonds is 6. The average Bonchev–Trinajstić information content (AvgIpc) is 3.09. The lowest BCUT2D eigenvalue weighted by atomic mass is 10.1. The van der Waals surface area contributed by atoms with Crippen molar-refractivity contribution in [3.8, 4) is 5.69 Å². The molecular weight excluding hydrogens is 284 g/mol. The SMILES string of the molecule is CC[C@H](N)c1ccc(-n2cc(CCc3ccccc3)nn2)cc1. The van der Waals surface area contributed by atoms with Crippen molar-refractivity contribution in [2.75, 3.05) is 0 Å². The smallest absolute Gasteiger partial charge is 0.0835 e. The summed E-state index contributed by atoms with van der Waals surface area (Å²) in [5, 5.41) is 8.50. The molecule has 0 aliphatic rings. The molecule has 0 fully saturated rings. The summed E-state index contributed by atoms with van der Waals surface area (Å²) in [4.78, 5) is 0. The van der Waals surface area contributed by atoms with E-state index in [9.17, 15) is 0 Å². The van der Waals surface area contributed by atoms with Gasteiger partial charge in [0.2, 0.25) is 0 Å². The zero-order valence-corrected chi connectivity index (χ0v) is 13.4. The van der Waals surface area contributed by atoms with Gasteiger partial charge < -0.3 is 5.73 Å². The van der Waals surface area contributed by atoms with Gasteiger partial charge in [-0.15, -0.1) is 5.10 Å². The van der Waals surface area contributed by atoms with Crippen molar-refractivity contribution >= 4 is 0 Å². The number of aromatic nitrogens is 3. The molecule has 1 aromatic heterocycles. The summed E-state index contributed by atoms with van der Waals surface area (Å²) in [6, 6.07) is 18.8. The van der Waals surface area contributed by atoms with Crippen LogP contribution in [-0.4, -0.2) is 15.0 Å². The van der Waals surface area contributed by atoms with Crippen LogP contribution < -0.4 is 5.73 Å². The third kappa shape index (κ3) is 3.85. The molecule has 118 valence electrons. The molecule has 4 nitrogen and oxygen atoms in total. The van der Waals surface area contributed by atoms with Gasteiger partial charge in [-0.2, -0.15) is 0 Å². The van der Waals surface area contributed by atoms with Crippen LogP contribution in [-0.2, 0) is 12.8 Å². The molecule has 0 saturated carbocycles. The third-order valence-electron chi connectivity index (χ3n) is 4.08. The number of hydrogen-bond donors (Lipinski definition) is 1. The van der Waals surface area contributed by atoms with Crippen molar-refractivity contribution in [1.29, 1.82) is 0 Å². The summed E-state index contributed by atoms with van der Waals surface area (Å²) >= 11 is 0. The van der Waals surface area contributed by atoms with Gasteiger partial charge in [0.15, 0.2) is 0 Å². The summed E-state index contributed by atoms with van der Waals surface area (Å²) in [7, 11) is 0. The van der Waals surface area contributed by atoms with Crippen LogP contribution in [0, 0.1) is 0 Å². The van der Waals surface area contributed by atoms with Crippen LogP contribution in [0.3, 0.4) is 0 Å². The van der Waals surface area contributed by atoms with Gasteiger partial charge in [0, 0.05) is 6.04 Å². The highest BCUT2D eigenvalue weighted by atomic mass is 15.4. The van der Waals surface area contributed by atoms with Crippen molar-refractivity contribution < 1.29 is 0 Å². The van der Waals surface area contributed by atoms with Crippen LogP contribution in [0.25, 0.3) is 5.69 Å². The summed E-state index contributed by atoms with van der Waals surface area (Å²) < 4.78 is 1.82. The summed E-state index contributed by atoms with van der Waals surface area (Å²) in [6.07, 6.45) is 4.80. The minimum atomic E-state index is 0.0984. The van der Waals surface area contributed by atoms with Gasteiger partial charge in [0.25, 0.3) is 0 Å². The fourth-order valence-electron chi connectivity index (χ4n) is 2.57. The maximum atomic E-state index is 6.05. The maximum absolute atomic E-state index is 6.05. The highest BCUT2D eigenvalue weighted by Crippen LogP contribution is 2.16. The molecule has 0 unspecified atom stereocenters. The van der Waals surface area contributed by atoms with Crippen LogP contribution in [0.5, 0.6) is 0 Å². The highest BCUT2D eigenvalue weighted by Gasteiger charge is 2.06. The molecule has 3 aromatic rings. The van der Waals surface area contributed by atoms with Crippen LogP contribution in [0.15, 0.2) is 60.8 Å². The van der Waals surface area contributed by atoms with E-state index in [1.807, 2.05) is 29.1 Å². The standard InChI is InChI=1S/C19H22N4/c1-2-19(20)16-9-12-18(13-10-16)23-14-17(21-22-23)11-8-15-6-4-3-5-7-15/h3-7,9-10,12-14,19H,2,8,11,20H2,1H3/t19-/m0/s1. The van der Waals surface area contributed by atoms with Gasteiger partial charge in [-0.3, -0.25) is 0 Å². The zero-order valence-electron chi connectivity index (χ0n) is 13.4. The number of aryl methyl sites for hydroxylation is 2. The number of nitrogens with zero attached hydrogens (tertiary/aromatic N) is 3. The third-order valence-corrected chi connectivity index (χ3v) is 4.08. The Balaban J connectivity index is 1.67. The predicted molar refractivity (Wildman–Crippen MR) is 92.4 cm³/mol. The largest absolute Gasteiger partial charge is 0.324 e. The first kappa shape index (κ1) is 15.4. The molecule has 3 rings (SSSR count). The van der Waals surface area contributed by atoms with E-state index in [2.05, 4.69) is 53.6 Å². The molecule has 0 saturated heterocycles. The van der Waals surface area contributed by atoms with Crippen LogP contribution in [0.1, 0.15) is 36.2 Å². The topological polar surface area (TPSA) is 56.7 Å². The fraction of sp³-hybridized carbons (Fsp3) is 0.263. The van der Waals surface area contributed by atoms with Crippen molar-refractivity contribution in [3.05, 3.63) is 77.6 Å². The zero-order chi connectivity index (χ0) is 16.1. The molecular formula is C19H22N4. The number of benzene rings is 2. The van der Waals surface area contributed by atoms with Crippen molar-refractivity contribution in [2.24, 2.45) is 5.73 Å². The van der Waals surface area contributed by atoms with Crippen LogP contribution in [0.4, 0.5) is 0 Å². The Bertz CT molecular complexity index is 732. The van der Waals surface area contributed by atoms with E-state index >= 15 is 0 Å². The second-order valence-electron chi connectivity index (χ2n) is 5.75. The fourth-order valence-corrected chi connectivity index (χ4v) is 2.57. The molecule has 0 amide bonds. The van der Waals surface area contributed by atoms with E-state index in [1.54, 1.807) is 0 Å². The van der Waals surface area contributed by atoms with E-state index < -0.39 is 0 Å². The van der Waals surface area contributed by atoms with E-state index in [0.717, 1.165) is 36.2 Å². The normalized spacial score (nSPS) is 12.3. The number of nitrogens with two attached hydrogens (primary N) is 1. The minimum absolute atomic E-state index is 0.0984. The summed E-state index contributed by atoms with van der Waals surface area (Å²) in [5.41, 5.74) is 10.5. The van der Waals surface area contributed by atoms with Gasteiger partial charge >= 0.3 is 0 Å². The molecule has 1 atom stereocenters. The Morgan fingerprint density at radius 3 is 2.43 bits per heavy atom. The lowest BCUT2D eigenvalue weighted by molar-refractivity contribution is 0.697. The van der Waals surface area contributed by atoms with E-state index in [4.69, 9.17) is 5.73 Å². The lowest BCUT2D eigenvalue weighted by Crippen LogP contribution is -2.08. The Kier molecular flexibility index (Phi) is 4.83. The molecule has 0 aliphatic heterocycles. The average molecular weight is 306 g/mol. The molecule has 2 N–H and O–H groups in total. The van der Waals surface area contributed by atoms with E-state index in [1.165, 1.54) is 5.56 Å². The van der Waals surface area contributed by atoms with Crippen molar-refractivity contribution in [1.82, 2.24) is 15.0 Å². The first-order valence-electron chi connectivity index (χ1n) is 8.07. The van der Waals surface area contributed by atoms with E-state index in [0.29, 0.717) is 0 Å². The van der Waals surface area contributed by atoms with Gasteiger partial charge in [0.1, 0.15) is 0 Å². The second kappa shape index (κ2) is 7.20. The molecule has 4 heteroatoms. The van der Waals surface area contributed by atoms with Gasteiger partial charge in [-0.05, 0) is 42.5 Å². The summed E-state index contributed by atoms with van der Waals surface area (Å²) in [5.74, 6) is 0. The lowest BCUT2D eigenvalue weighted by Gasteiger charge is -2.09.